The smallest absolute Gasteiger partial charge is 0.412 e. The Balaban J connectivity index is 2.13. The van der Waals surface area contributed by atoms with Crippen LogP contribution >= 0.6 is 0 Å². The summed E-state index contributed by atoms with van der Waals surface area (Å²) < 4.78 is 18.5. The first kappa shape index (κ1) is 13.8. The van der Waals surface area contributed by atoms with E-state index in [0.29, 0.717) is 5.69 Å². The van der Waals surface area contributed by atoms with Crippen molar-refractivity contribution < 1.29 is 13.9 Å². The molecule has 5 heteroatoms. The van der Waals surface area contributed by atoms with E-state index in [9.17, 15) is 9.18 Å². The fourth-order valence-corrected chi connectivity index (χ4v) is 1.90. The monoisotopic (exact) mass is 266 g/mol. The molecule has 0 aromatic heterocycles. The predicted octanol–water partition coefficient (Wildman–Crippen LogP) is 3.21. The lowest BCUT2D eigenvalue weighted by molar-refractivity contribution is 0.0635. The summed E-state index contributed by atoms with van der Waals surface area (Å²) in [5, 5.41) is 5.87. The van der Waals surface area contributed by atoms with E-state index in [1.807, 2.05) is 0 Å². The van der Waals surface area contributed by atoms with Gasteiger partial charge in [-0.15, -0.1) is 0 Å². The maximum atomic E-state index is 13.3. The van der Waals surface area contributed by atoms with E-state index >= 15 is 0 Å². The van der Waals surface area contributed by atoms with Gasteiger partial charge in [0.2, 0.25) is 0 Å². The number of halogens is 1. The molecule has 1 atom stereocenters. The van der Waals surface area contributed by atoms with Crippen molar-refractivity contribution in [2.75, 3.05) is 11.9 Å². The number of hydrogen-bond acceptors (Lipinski definition) is 3. The van der Waals surface area contributed by atoms with Crippen molar-refractivity contribution in [2.24, 2.45) is 0 Å². The number of carbonyl (C=O) groups is 1. The van der Waals surface area contributed by atoms with Gasteiger partial charge in [0.25, 0.3) is 0 Å². The fourth-order valence-electron chi connectivity index (χ4n) is 1.90. The average Bonchev–Trinajstić information content (AvgIpc) is 2.16. The number of rotatable bonds is 2. The molecule has 4 nitrogen and oxygen atoms in total. The average molecular weight is 266 g/mol. The normalized spacial score (nSPS) is 18.6. The van der Waals surface area contributed by atoms with Crippen LogP contribution in [0.25, 0.3) is 0 Å². The van der Waals surface area contributed by atoms with E-state index in [-0.39, 0.29) is 11.9 Å². The van der Waals surface area contributed by atoms with Gasteiger partial charge in [0.15, 0.2) is 0 Å². The van der Waals surface area contributed by atoms with Crippen LogP contribution in [0.2, 0.25) is 0 Å². The molecule has 0 radical (unpaired) electrons. The largest absolute Gasteiger partial charge is 0.444 e. The standard InChI is InChI=1S/C14H19FN2O2/c1-14(2,3)19-13(18)17-12-5-4-9(15)8-10(12)11-6-7-16-11/h4-5,8,11,16H,6-7H2,1-3H3,(H,17,18). The van der Waals surface area contributed by atoms with Crippen LogP contribution in [0.3, 0.4) is 0 Å². The van der Waals surface area contributed by atoms with Gasteiger partial charge in [-0.1, -0.05) is 0 Å². The van der Waals surface area contributed by atoms with Crippen molar-refractivity contribution in [1.82, 2.24) is 5.32 Å². The van der Waals surface area contributed by atoms with Gasteiger partial charge in [-0.2, -0.15) is 0 Å². The third-order valence-electron chi connectivity index (χ3n) is 2.85. The van der Waals surface area contributed by atoms with Crippen LogP contribution in [0.1, 0.15) is 38.8 Å². The van der Waals surface area contributed by atoms with Gasteiger partial charge in [0.05, 0.1) is 0 Å². The van der Waals surface area contributed by atoms with Crippen molar-refractivity contribution in [2.45, 2.75) is 38.8 Å². The van der Waals surface area contributed by atoms with Gasteiger partial charge in [-0.25, -0.2) is 9.18 Å². The predicted molar refractivity (Wildman–Crippen MR) is 71.6 cm³/mol. The zero-order chi connectivity index (χ0) is 14.0. The Morgan fingerprint density at radius 2 is 2.16 bits per heavy atom. The highest BCUT2D eigenvalue weighted by atomic mass is 19.1. The van der Waals surface area contributed by atoms with Crippen molar-refractivity contribution >= 4 is 11.8 Å². The van der Waals surface area contributed by atoms with Gasteiger partial charge < -0.3 is 10.1 Å². The Hall–Kier alpha value is -1.62. The van der Waals surface area contributed by atoms with Crippen molar-refractivity contribution in [3.63, 3.8) is 0 Å². The van der Waals surface area contributed by atoms with Crippen LogP contribution in [-0.2, 0) is 4.74 Å². The number of hydrogen-bond donors (Lipinski definition) is 2. The molecule has 1 aromatic rings. The number of amides is 1. The molecule has 0 spiro atoms. The molecule has 1 aliphatic heterocycles. The lowest BCUT2D eigenvalue weighted by atomic mass is 9.96. The molecule has 0 saturated carbocycles. The van der Waals surface area contributed by atoms with Crippen LogP contribution in [-0.4, -0.2) is 18.2 Å². The molecule has 2 N–H and O–H groups in total. The lowest BCUT2D eigenvalue weighted by Gasteiger charge is -2.30. The summed E-state index contributed by atoms with van der Waals surface area (Å²) in [5.41, 5.74) is 0.795. The number of ether oxygens (including phenoxy) is 1. The zero-order valence-corrected chi connectivity index (χ0v) is 11.4. The Kier molecular flexibility index (Phi) is 3.75. The maximum absolute atomic E-state index is 13.3. The lowest BCUT2D eigenvalue weighted by Crippen LogP contribution is -2.36. The van der Waals surface area contributed by atoms with E-state index in [1.54, 1.807) is 26.8 Å². The molecule has 1 heterocycles. The Morgan fingerprint density at radius 1 is 1.47 bits per heavy atom. The Bertz CT molecular complexity index is 479. The van der Waals surface area contributed by atoms with E-state index in [1.165, 1.54) is 12.1 Å². The minimum absolute atomic E-state index is 0.0978. The minimum atomic E-state index is -0.557. The van der Waals surface area contributed by atoms with E-state index < -0.39 is 11.7 Å². The highest BCUT2D eigenvalue weighted by molar-refractivity contribution is 5.86. The number of nitrogens with one attached hydrogen (secondary N) is 2. The van der Waals surface area contributed by atoms with Crippen LogP contribution < -0.4 is 10.6 Å². The van der Waals surface area contributed by atoms with E-state index in [0.717, 1.165) is 18.5 Å². The minimum Gasteiger partial charge on any atom is -0.444 e. The second-order valence-electron chi connectivity index (χ2n) is 5.65. The molecule has 0 bridgehead atoms. The first-order valence-corrected chi connectivity index (χ1v) is 6.38. The van der Waals surface area contributed by atoms with Gasteiger partial charge in [0.1, 0.15) is 11.4 Å². The summed E-state index contributed by atoms with van der Waals surface area (Å²) in [6.45, 7) is 6.30. The molecule has 1 aromatic carbocycles. The van der Waals surface area contributed by atoms with E-state index in [4.69, 9.17) is 4.74 Å². The molecule has 104 valence electrons. The molecule has 1 saturated heterocycles. The van der Waals surface area contributed by atoms with Crippen molar-refractivity contribution in [3.05, 3.63) is 29.6 Å². The molecule has 0 aliphatic carbocycles. The van der Waals surface area contributed by atoms with Gasteiger partial charge in [-0.05, 0) is 57.5 Å². The van der Waals surface area contributed by atoms with Gasteiger partial charge >= 0.3 is 6.09 Å². The van der Waals surface area contributed by atoms with Crippen molar-refractivity contribution in [1.29, 1.82) is 0 Å². The zero-order valence-electron chi connectivity index (χ0n) is 11.4. The van der Waals surface area contributed by atoms with E-state index in [2.05, 4.69) is 10.6 Å². The SMILES string of the molecule is CC(C)(C)OC(=O)Nc1ccc(F)cc1C1CCN1. The van der Waals surface area contributed by atoms with Crippen LogP contribution in [0, 0.1) is 5.82 Å². The number of benzene rings is 1. The number of carbonyl (C=O) groups excluding carboxylic acids is 1. The molecular formula is C14H19FN2O2. The first-order chi connectivity index (χ1) is 8.85. The summed E-state index contributed by atoms with van der Waals surface area (Å²) in [5.74, 6) is -0.307. The highest BCUT2D eigenvalue weighted by Gasteiger charge is 2.24. The van der Waals surface area contributed by atoms with Crippen LogP contribution in [0.4, 0.5) is 14.9 Å². The van der Waals surface area contributed by atoms with Crippen LogP contribution in [0.5, 0.6) is 0 Å². The summed E-state index contributed by atoms with van der Waals surface area (Å²) in [6.07, 6.45) is 0.409. The summed E-state index contributed by atoms with van der Waals surface area (Å²) in [7, 11) is 0. The summed E-state index contributed by atoms with van der Waals surface area (Å²) in [4.78, 5) is 11.7. The Labute approximate surface area is 112 Å². The van der Waals surface area contributed by atoms with Gasteiger partial charge in [0, 0.05) is 11.7 Å². The summed E-state index contributed by atoms with van der Waals surface area (Å²) in [6, 6.07) is 4.44. The second-order valence-corrected chi connectivity index (χ2v) is 5.65. The van der Waals surface area contributed by atoms with Crippen LogP contribution in [0.15, 0.2) is 18.2 Å². The number of anilines is 1. The first-order valence-electron chi connectivity index (χ1n) is 6.38. The van der Waals surface area contributed by atoms with Gasteiger partial charge in [-0.3, -0.25) is 5.32 Å². The molecule has 19 heavy (non-hydrogen) atoms. The molecule has 1 unspecified atom stereocenters. The molecule has 2 rings (SSSR count). The van der Waals surface area contributed by atoms with Crippen molar-refractivity contribution in [3.8, 4) is 0 Å². The highest BCUT2D eigenvalue weighted by Crippen LogP contribution is 2.30. The molecular weight excluding hydrogens is 247 g/mol. The molecule has 1 amide bonds. The topological polar surface area (TPSA) is 50.4 Å². The molecule has 1 aliphatic rings. The maximum Gasteiger partial charge on any atom is 0.412 e. The third kappa shape index (κ3) is 3.67. The summed E-state index contributed by atoms with van der Waals surface area (Å²) >= 11 is 0. The third-order valence-corrected chi connectivity index (χ3v) is 2.85. The Morgan fingerprint density at radius 3 is 2.68 bits per heavy atom. The molecule has 1 fully saturated rings. The quantitative estimate of drug-likeness (QED) is 0.864. The fraction of sp³-hybridized carbons (Fsp3) is 0.500. The second kappa shape index (κ2) is 5.17.